The molecule has 0 aromatic heterocycles. The van der Waals surface area contributed by atoms with E-state index in [2.05, 4.69) is 23.5 Å². The van der Waals surface area contributed by atoms with Crippen molar-refractivity contribution in [3.63, 3.8) is 0 Å². The molecule has 2 aromatic rings. The summed E-state index contributed by atoms with van der Waals surface area (Å²) in [4.78, 5) is 1.22. The van der Waals surface area contributed by atoms with E-state index in [0.717, 1.165) is 17.3 Å². The first-order valence-electron chi connectivity index (χ1n) is 5.52. The maximum atomic E-state index is 5.92. The summed E-state index contributed by atoms with van der Waals surface area (Å²) in [6.07, 6.45) is 0. The van der Waals surface area contributed by atoms with Crippen LogP contribution in [0.15, 0.2) is 59.5 Å². The van der Waals surface area contributed by atoms with E-state index < -0.39 is 0 Å². The Labute approximate surface area is 111 Å². The molecule has 0 saturated carbocycles. The summed E-state index contributed by atoms with van der Waals surface area (Å²) in [6, 6.07) is 18.2. The molecule has 0 saturated heterocycles. The molecule has 0 aliphatic heterocycles. The molecule has 0 fully saturated rings. The molecule has 0 spiro atoms. The van der Waals surface area contributed by atoms with Crippen LogP contribution in [0.4, 0.5) is 5.69 Å². The van der Waals surface area contributed by atoms with Gasteiger partial charge in [-0.25, -0.2) is 0 Å². The quantitative estimate of drug-likeness (QED) is 0.628. The van der Waals surface area contributed by atoms with E-state index >= 15 is 0 Å². The van der Waals surface area contributed by atoms with Gasteiger partial charge >= 0.3 is 0 Å². The third-order valence-electron chi connectivity index (χ3n) is 2.27. The van der Waals surface area contributed by atoms with Crippen molar-refractivity contribution in [1.82, 2.24) is 0 Å². The Balaban J connectivity index is 1.73. The van der Waals surface area contributed by atoms with Gasteiger partial charge in [0.1, 0.15) is 0 Å². The van der Waals surface area contributed by atoms with Crippen LogP contribution in [-0.4, -0.2) is 12.3 Å². The molecule has 0 radical (unpaired) electrons. The minimum absolute atomic E-state index is 0.797. The molecule has 2 aromatic carbocycles. The number of thioether (sulfide) groups is 1. The lowest BCUT2D eigenvalue weighted by Crippen LogP contribution is -2.03. The lowest BCUT2D eigenvalue weighted by molar-refractivity contribution is 1.22. The molecule has 17 heavy (non-hydrogen) atoms. The molecule has 0 aliphatic carbocycles. The highest BCUT2D eigenvalue weighted by atomic mass is 35.5. The lowest BCUT2D eigenvalue weighted by atomic mass is 10.3. The first-order valence-corrected chi connectivity index (χ1v) is 6.88. The predicted octanol–water partition coefficient (Wildman–Crippen LogP) is 4.54. The van der Waals surface area contributed by atoms with Crippen molar-refractivity contribution < 1.29 is 0 Å². The summed E-state index contributed by atoms with van der Waals surface area (Å²) in [5.74, 6) is 1.02. The molecular weight excluding hydrogens is 250 g/mol. The van der Waals surface area contributed by atoms with Crippen LogP contribution >= 0.6 is 23.4 Å². The van der Waals surface area contributed by atoms with Crippen molar-refractivity contribution in [3.05, 3.63) is 59.6 Å². The SMILES string of the molecule is Clc1cccc(SCCNc2ccccc2)c1. The summed E-state index contributed by atoms with van der Waals surface area (Å²) < 4.78 is 0. The molecule has 1 N–H and O–H groups in total. The minimum Gasteiger partial charge on any atom is -0.384 e. The maximum absolute atomic E-state index is 5.92. The first kappa shape index (κ1) is 12.3. The standard InChI is InChI=1S/C14H14ClNS/c15-12-5-4-8-14(11-12)17-10-9-16-13-6-2-1-3-7-13/h1-8,11,16H,9-10H2. The van der Waals surface area contributed by atoms with E-state index in [9.17, 15) is 0 Å². The largest absolute Gasteiger partial charge is 0.384 e. The second kappa shape index (κ2) is 6.58. The van der Waals surface area contributed by atoms with Gasteiger partial charge in [-0.3, -0.25) is 0 Å². The van der Waals surface area contributed by atoms with Crippen molar-refractivity contribution in [3.8, 4) is 0 Å². The molecule has 88 valence electrons. The molecule has 1 nitrogen and oxygen atoms in total. The van der Waals surface area contributed by atoms with Gasteiger partial charge in [-0.2, -0.15) is 0 Å². The fourth-order valence-corrected chi connectivity index (χ4v) is 2.56. The number of benzene rings is 2. The van der Waals surface area contributed by atoms with Crippen LogP contribution < -0.4 is 5.32 Å². The van der Waals surface area contributed by atoms with Crippen molar-refractivity contribution in [2.45, 2.75) is 4.90 Å². The van der Waals surface area contributed by atoms with Gasteiger partial charge in [-0.15, -0.1) is 11.8 Å². The second-order valence-electron chi connectivity index (χ2n) is 3.60. The first-order chi connectivity index (χ1) is 8.34. The van der Waals surface area contributed by atoms with E-state index in [0.29, 0.717) is 0 Å². The monoisotopic (exact) mass is 263 g/mol. The van der Waals surface area contributed by atoms with Crippen LogP contribution in [0.25, 0.3) is 0 Å². The van der Waals surface area contributed by atoms with Crippen LogP contribution in [0, 0.1) is 0 Å². The average Bonchev–Trinajstić information content (AvgIpc) is 2.36. The second-order valence-corrected chi connectivity index (χ2v) is 5.20. The molecule has 2 rings (SSSR count). The predicted molar refractivity (Wildman–Crippen MR) is 77.1 cm³/mol. The molecule has 0 atom stereocenters. The van der Waals surface area contributed by atoms with E-state index in [4.69, 9.17) is 11.6 Å². The summed E-state index contributed by atoms with van der Waals surface area (Å²) in [7, 11) is 0. The Hall–Kier alpha value is -1.12. The topological polar surface area (TPSA) is 12.0 Å². The highest BCUT2D eigenvalue weighted by molar-refractivity contribution is 7.99. The molecular formula is C14H14ClNS. The maximum Gasteiger partial charge on any atom is 0.0417 e. The van der Waals surface area contributed by atoms with Gasteiger partial charge in [-0.1, -0.05) is 35.9 Å². The van der Waals surface area contributed by atoms with Gasteiger partial charge in [0.25, 0.3) is 0 Å². The van der Waals surface area contributed by atoms with Gasteiger partial charge in [-0.05, 0) is 30.3 Å². The third-order valence-corrected chi connectivity index (χ3v) is 3.50. The van der Waals surface area contributed by atoms with Crippen LogP contribution in [0.5, 0.6) is 0 Å². The molecule has 0 bridgehead atoms. The fraction of sp³-hybridized carbons (Fsp3) is 0.143. The number of nitrogens with one attached hydrogen (secondary N) is 1. The third kappa shape index (κ3) is 4.33. The van der Waals surface area contributed by atoms with Gasteiger partial charge < -0.3 is 5.32 Å². The smallest absolute Gasteiger partial charge is 0.0417 e. The molecule has 0 amide bonds. The number of para-hydroxylation sites is 1. The van der Waals surface area contributed by atoms with E-state index in [1.165, 1.54) is 10.6 Å². The summed E-state index contributed by atoms with van der Waals surface area (Å²) in [5.41, 5.74) is 1.17. The van der Waals surface area contributed by atoms with Crippen LogP contribution in [0.3, 0.4) is 0 Å². The van der Waals surface area contributed by atoms with Gasteiger partial charge in [0, 0.05) is 27.9 Å². The van der Waals surface area contributed by atoms with E-state index in [1.807, 2.05) is 36.4 Å². The van der Waals surface area contributed by atoms with Crippen LogP contribution in [-0.2, 0) is 0 Å². The number of halogens is 1. The fourth-order valence-electron chi connectivity index (χ4n) is 1.48. The summed E-state index contributed by atoms with van der Waals surface area (Å²) in [6.45, 7) is 0.946. The number of hydrogen-bond acceptors (Lipinski definition) is 2. The zero-order chi connectivity index (χ0) is 11.9. The molecule has 0 heterocycles. The molecule has 0 aliphatic rings. The van der Waals surface area contributed by atoms with E-state index in [1.54, 1.807) is 11.8 Å². The Morgan fingerprint density at radius 3 is 2.59 bits per heavy atom. The number of hydrogen-bond donors (Lipinski definition) is 1. The zero-order valence-electron chi connectivity index (χ0n) is 9.40. The summed E-state index contributed by atoms with van der Waals surface area (Å²) in [5, 5.41) is 4.17. The van der Waals surface area contributed by atoms with Gasteiger partial charge in [0.15, 0.2) is 0 Å². The molecule has 0 unspecified atom stereocenters. The average molecular weight is 264 g/mol. The lowest BCUT2D eigenvalue weighted by Gasteiger charge is -2.06. The van der Waals surface area contributed by atoms with Crippen molar-refractivity contribution in [2.75, 3.05) is 17.6 Å². The number of anilines is 1. The minimum atomic E-state index is 0.797. The Morgan fingerprint density at radius 1 is 1.00 bits per heavy atom. The van der Waals surface area contributed by atoms with Gasteiger partial charge in [0.2, 0.25) is 0 Å². The molecule has 3 heteroatoms. The zero-order valence-corrected chi connectivity index (χ0v) is 11.0. The van der Waals surface area contributed by atoms with Crippen molar-refractivity contribution in [2.24, 2.45) is 0 Å². The Kier molecular flexibility index (Phi) is 4.77. The van der Waals surface area contributed by atoms with E-state index in [-0.39, 0.29) is 0 Å². The van der Waals surface area contributed by atoms with Gasteiger partial charge in [0.05, 0.1) is 0 Å². The summed E-state index contributed by atoms with van der Waals surface area (Å²) >= 11 is 7.73. The highest BCUT2D eigenvalue weighted by Crippen LogP contribution is 2.21. The normalized spacial score (nSPS) is 10.2. The Bertz CT molecular complexity index is 459. The van der Waals surface area contributed by atoms with Crippen molar-refractivity contribution >= 4 is 29.1 Å². The number of rotatable bonds is 5. The van der Waals surface area contributed by atoms with Crippen LogP contribution in [0.1, 0.15) is 0 Å². The van der Waals surface area contributed by atoms with Crippen molar-refractivity contribution in [1.29, 1.82) is 0 Å². The highest BCUT2D eigenvalue weighted by Gasteiger charge is 1.95. The van der Waals surface area contributed by atoms with Crippen LogP contribution in [0.2, 0.25) is 5.02 Å². The Morgan fingerprint density at radius 2 is 1.82 bits per heavy atom.